The summed E-state index contributed by atoms with van der Waals surface area (Å²) in [6.07, 6.45) is -0.653. The van der Waals surface area contributed by atoms with Crippen LogP contribution in [0.25, 0.3) is 0 Å². The zero-order valence-corrected chi connectivity index (χ0v) is 12.8. The van der Waals surface area contributed by atoms with Crippen molar-refractivity contribution < 1.29 is 18.7 Å². The third-order valence-electron chi connectivity index (χ3n) is 2.95. The van der Waals surface area contributed by atoms with Crippen LogP contribution in [0.5, 0.6) is 0 Å². The molecule has 0 aliphatic rings. The summed E-state index contributed by atoms with van der Waals surface area (Å²) in [6.45, 7) is 9.09. The van der Waals surface area contributed by atoms with Gasteiger partial charge in [-0.05, 0) is 13.8 Å². The molecule has 1 unspecified atom stereocenters. The van der Waals surface area contributed by atoms with Gasteiger partial charge in [0, 0.05) is 19.5 Å². The number of ketones is 1. The molecule has 0 aromatic heterocycles. The van der Waals surface area contributed by atoms with Crippen molar-refractivity contribution in [3.05, 3.63) is 0 Å². The maximum absolute atomic E-state index is 12.9. The van der Waals surface area contributed by atoms with Crippen molar-refractivity contribution >= 4 is 11.9 Å². The quantitative estimate of drug-likeness (QED) is 0.783. The predicted octanol–water partition coefficient (Wildman–Crippen LogP) is 3.05. The average Bonchev–Trinajstić information content (AvgIpc) is 2.30. The van der Waals surface area contributed by atoms with Crippen LogP contribution in [0.3, 0.4) is 0 Å². The molecule has 0 aromatic carbocycles. The number of alkyl halides is 1. The van der Waals surface area contributed by atoms with Crippen molar-refractivity contribution in [2.24, 2.45) is 5.41 Å². The Hall–Kier alpha value is -1.13. The Balaban J connectivity index is 0. The van der Waals surface area contributed by atoms with Crippen molar-refractivity contribution in [1.82, 2.24) is 4.90 Å². The molecule has 0 bridgehead atoms. The molecule has 0 spiro atoms. The number of halogens is 1. The molecular weight excluding hydrogens is 237 g/mol. The van der Waals surface area contributed by atoms with Gasteiger partial charge in [0.1, 0.15) is 0 Å². The fraction of sp³-hybridized carbons (Fsp3) is 0.846. The Kier molecular flexibility index (Phi) is 7.83. The van der Waals surface area contributed by atoms with Crippen molar-refractivity contribution in [3.8, 4) is 0 Å². The standard InChI is InChI=1S/C11H20FNO3.C2H6/c1-8(14)11(4,10(2,3)7-12)16-9(15)13(5)6;1-2/h7H2,1-6H3;1-2H3. The molecule has 0 aromatic rings. The van der Waals surface area contributed by atoms with Crippen LogP contribution >= 0.6 is 0 Å². The predicted molar refractivity (Wildman–Crippen MR) is 70.4 cm³/mol. The number of carbonyl (C=O) groups is 2. The second kappa shape index (κ2) is 7.34. The molecular formula is C13H26FNO3. The van der Waals surface area contributed by atoms with E-state index in [1.807, 2.05) is 13.8 Å². The zero-order valence-electron chi connectivity index (χ0n) is 12.8. The Bertz CT molecular complexity index is 290. The summed E-state index contributed by atoms with van der Waals surface area (Å²) in [5.41, 5.74) is -2.51. The maximum atomic E-state index is 12.9. The minimum atomic E-state index is -1.46. The number of rotatable bonds is 4. The molecule has 0 N–H and O–H groups in total. The van der Waals surface area contributed by atoms with E-state index in [1.165, 1.54) is 32.8 Å². The van der Waals surface area contributed by atoms with Crippen LogP contribution in [0.1, 0.15) is 41.5 Å². The van der Waals surface area contributed by atoms with Crippen LogP contribution in [0.4, 0.5) is 9.18 Å². The summed E-state index contributed by atoms with van der Waals surface area (Å²) in [5, 5.41) is 0. The van der Waals surface area contributed by atoms with E-state index in [9.17, 15) is 14.0 Å². The lowest BCUT2D eigenvalue weighted by atomic mass is 9.74. The summed E-state index contributed by atoms with van der Waals surface area (Å²) in [6, 6.07) is 0. The highest BCUT2D eigenvalue weighted by atomic mass is 19.1. The van der Waals surface area contributed by atoms with E-state index in [1.54, 1.807) is 13.8 Å². The molecule has 18 heavy (non-hydrogen) atoms. The van der Waals surface area contributed by atoms with Gasteiger partial charge in [0.25, 0.3) is 0 Å². The lowest BCUT2D eigenvalue weighted by Gasteiger charge is -2.40. The monoisotopic (exact) mass is 263 g/mol. The molecule has 0 heterocycles. The molecule has 1 amide bonds. The summed E-state index contributed by atoms with van der Waals surface area (Å²) >= 11 is 0. The van der Waals surface area contributed by atoms with E-state index in [0.29, 0.717) is 0 Å². The van der Waals surface area contributed by atoms with E-state index in [-0.39, 0.29) is 5.78 Å². The molecule has 0 radical (unpaired) electrons. The highest BCUT2D eigenvalue weighted by Crippen LogP contribution is 2.35. The lowest BCUT2D eigenvalue weighted by Crippen LogP contribution is -2.53. The maximum Gasteiger partial charge on any atom is 0.410 e. The highest BCUT2D eigenvalue weighted by Gasteiger charge is 2.49. The second-order valence-electron chi connectivity index (χ2n) is 4.87. The van der Waals surface area contributed by atoms with Gasteiger partial charge < -0.3 is 9.64 Å². The Labute approximate surface area is 109 Å². The summed E-state index contributed by atoms with van der Waals surface area (Å²) in [5.74, 6) is -0.370. The molecule has 0 fully saturated rings. The number of ether oxygens (including phenoxy) is 1. The molecule has 0 saturated carbocycles. The molecule has 0 rings (SSSR count). The van der Waals surface area contributed by atoms with E-state index < -0.39 is 23.8 Å². The van der Waals surface area contributed by atoms with E-state index in [4.69, 9.17) is 4.74 Å². The molecule has 0 aliphatic carbocycles. The lowest BCUT2D eigenvalue weighted by molar-refractivity contribution is -0.149. The van der Waals surface area contributed by atoms with Crippen LogP contribution < -0.4 is 0 Å². The van der Waals surface area contributed by atoms with Crippen molar-refractivity contribution in [3.63, 3.8) is 0 Å². The normalized spacial score (nSPS) is 13.8. The van der Waals surface area contributed by atoms with E-state index >= 15 is 0 Å². The van der Waals surface area contributed by atoms with Gasteiger partial charge >= 0.3 is 6.09 Å². The van der Waals surface area contributed by atoms with Gasteiger partial charge in [-0.2, -0.15) is 0 Å². The SMILES string of the molecule is CC.CC(=O)C(C)(OC(=O)N(C)C)C(C)(C)CF. The highest BCUT2D eigenvalue weighted by molar-refractivity contribution is 5.88. The molecule has 1 atom stereocenters. The Morgan fingerprint density at radius 2 is 1.56 bits per heavy atom. The number of amides is 1. The van der Waals surface area contributed by atoms with Crippen LogP contribution in [-0.4, -0.2) is 43.1 Å². The van der Waals surface area contributed by atoms with Gasteiger partial charge in [0.2, 0.25) is 0 Å². The van der Waals surface area contributed by atoms with Crippen molar-refractivity contribution in [2.45, 2.75) is 47.1 Å². The fourth-order valence-electron chi connectivity index (χ4n) is 1.08. The number of carbonyl (C=O) groups excluding carboxylic acids is 2. The molecule has 4 nitrogen and oxygen atoms in total. The van der Waals surface area contributed by atoms with Gasteiger partial charge in [0.05, 0.1) is 6.67 Å². The topological polar surface area (TPSA) is 46.6 Å². The van der Waals surface area contributed by atoms with Gasteiger partial charge in [0.15, 0.2) is 11.4 Å². The molecule has 0 saturated heterocycles. The van der Waals surface area contributed by atoms with Crippen molar-refractivity contribution in [1.29, 1.82) is 0 Å². The fourth-order valence-corrected chi connectivity index (χ4v) is 1.08. The largest absolute Gasteiger partial charge is 0.434 e. The third-order valence-corrected chi connectivity index (χ3v) is 2.95. The Morgan fingerprint density at radius 1 is 1.17 bits per heavy atom. The van der Waals surface area contributed by atoms with Gasteiger partial charge in [-0.3, -0.25) is 9.18 Å². The molecule has 0 aliphatic heterocycles. The second-order valence-corrected chi connectivity index (χ2v) is 4.87. The first-order valence-electron chi connectivity index (χ1n) is 6.06. The minimum absolute atomic E-state index is 0.370. The van der Waals surface area contributed by atoms with E-state index in [2.05, 4.69) is 0 Å². The number of Topliss-reactive ketones (excluding diaryl/α,β-unsaturated/α-hetero) is 1. The van der Waals surface area contributed by atoms with Gasteiger partial charge in [-0.25, -0.2) is 4.79 Å². The van der Waals surface area contributed by atoms with Crippen LogP contribution in [0, 0.1) is 5.41 Å². The number of nitrogens with zero attached hydrogens (tertiary/aromatic N) is 1. The Morgan fingerprint density at radius 3 is 1.78 bits per heavy atom. The van der Waals surface area contributed by atoms with Gasteiger partial charge in [-0.1, -0.05) is 27.7 Å². The summed E-state index contributed by atoms with van der Waals surface area (Å²) < 4.78 is 18.0. The average molecular weight is 263 g/mol. The summed E-state index contributed by atoms with van der Waals surface area (Å²) in [7, 11) is 3.01. The van der Waals surface area contributed by atoms with Crippen LogP contribution in [-0.2, 0) is 9.53 Å². The zero-order chi connectivity index (χ0) is 15.1. The summed E-state index contributed by atoms with van der Waals surface area (Å²) in [4.78, 5) is 24.2. The van der Waals surface area contributed by atoms with E-state index in [0.717, 1.165) is 0 Å². The molecule has 5 heteroatoms. The third kappa shape index (κ3) is 4.27. The number of hydrogen-bond donors (Lipinski definition) is 0. The smallest absolute Gasteiger partial charge is 0.410 e. The van der Waals surface area contributed by atoms with Gasteiger partial charge in [-0.15, -0.1) is 0 Å². The molecule has 108 valence electrons. The number of hydrogen-bond acceptors (Lipinski definition) is 3. The minimum Gasteiger partial charge on any atom is -0.434 e. The van der Waals surface area contributed by atoms with Crippen molar-refractivity contribution in [2.75, 3.05) is 20.8 Å². The van der Waals surface area contributed by atoms with Crippen LogP contribution in [0.15, 0.2) is 0 Å². The van der Waals surface area contributed by atoms with Crippen LogP contribution in [0.2, 0.25) is 0 Å². The first-order chi connectivity index (χ1) is 8.08. The first-order valence-corrected chi connectivity index (χ1v) is 6.06. The first kappa shape index (κ1) is 19.2.